The van der Waals surface area contributed by atoms with Crippen LogP contribution in [0.15, 0.2) is 28.7 Å². The lowest BCUT2D eigenvalue weighted by molar-refractivity contribution is -0.127. The van der Waals surface area contributed by atoms with E-state index >= 15 is 0 Å². The number of hydrogen-bond acceptors (Lipinski definition) is 3. The van der Waals surface area contributed by atoms with E-state index in [-0.39, 0.29) is 29.6 Å². The molecule has 2 heterocycles. The van der Waals surface area contributed by atoms with Crippen LogP contribution in [0.4, 0.5) is 0 Å². The van der Waals surface area contributed by atoms with E-state index in [1.807, 2.05) is 13.0 Å². The summed E-state index contributed by atoms with van der Waals surface area (Å²) >= 11 is 3.57. The van der Waals surface area contributed by atoms with Crippen LogP contribution < -0.4 is 10.6 Å². The second kappa shape index (κ2) is 8.65. The summed E-state index contributed by atoms with van der Waals surface area (Å²) in [5.74, 6) is 0.736. The molecule has 6 heteroatoms. The van der Waals surface area contributed by atoms with Gasteiger partial charge in [-0.25, -0.2) is 0 Å². The van der Waals surface area contributed by atoms with Crippen molar-refractivity contribution in [2.45, 2.75) is 25.2 Å². The van der Waals surface area contributed by atoms with Gasteiger partial charge in [0.25, 0.3) is 0 Å². The number of benzene rings is 1. The summed E-state index contributed by atoms with van der Waals surface area (Å²) in [6, 6.07) is 8.46. The summed E-state index contributed by atoms with van der Waals surface area (Å²) in [7, 11) is 0. The Hall–Kier alpha value is -0.620. The molecule has 1 amide bonds. The summed E-state index contributed by atoms with van der Waals surface area (Å²) in [5.41, 5.74) is 1.27. The van der Waals surface area contributed by atoms with Crippen LogP contribution in [-0.4, -0.2) is 38.8 Å². The third-order valence-corrected chi connectivity index (χ3v) is 5.91. The van der Waals surface area contributed by atoms with E-state index in [4.69, 9.17) is 4.74 Å². The molecule has 0 bridgehead atoms. The normalized spacial score (nSPS) is 21.2. The Balaban J connectivity index is 0.00000208. The number of carbonyl (C=O) groups excluding carboxylic acids is 1. The second-order valence-electron chi connectivity index (χ2n) is 6.83. The van der Waals surface area contributed by atoms with Gasteiger partial charge in [0.15, 0.2) is 0 Å². The fourth-order valence-electron chi connectivity index (χ4n) is 3.44. The van der Waals surface area contributed by atoms with Gasteiger partial charge in [-0.15, -0.1) is 12.4 Å². The highest BCUT2D eigenvalue weighted by molar-refractivity contribution is 9.10. The number of nitrogens with one attached hydrogen (secondary N) is 2. The SMILES string of the molecule is CC(C(=O)NCC1(c2cccc(Br)c2)CCOCC1)C1CNC1.Cl. The highest BCUT2D eigenvalue weighted by atomic mass is 79.9. The standard InChI is InChI=1S/C18H25BrN2O2.ClH/c1-13(14-10-20-11-14)17(22)21-12-18(5-7-23-8-6-18)15-3-2-4-16(19)9-15;/h2-4,9,13-14,20H,5-8,10-12H2,1H3,(H,21,22);1H. The quantitative estimate of drug-likeness (QED) is 0.774. The van der Waals surface area contributed by atoms with Crippen LogP contribution in [0.25, 0.3) is 0 Å². The van der Waals surface area contributed by atoms with Gasteiger partial charge in [-0.1, -0.05) is 35.0 Å². The van der Waals surface area contributed by atoms with Crippen molar-refractivity contribution in [3.63, 3.8) is 0 Å². The molecule has 2 aliphatic rings. The molecular formula is C18H26BrClN2O2. The molecule has 3 rings (SSSR count). The number of hydrogen-bond donors (Lipinski definition) is 2. The molecule has 1 aromatic carbocycles. The number of ether oxygens (including phenoxy) is 1. The van der Waals surface area contributed by atoms with Crippen molar-refractivity contribution >= 4 is 34.2 Å². The lowest BCUT2D eigenvalue weighted by Gasteiger charge is -2.39. The molecular weight excluding hydrogens is 392 g/mol. The van der Waals surface area contributed by atoms with Crippen LogP contribution in [-0.2, 0) is 14.9 Å². The van der Waals surface area contributed by atoms with Crippen LogP contribution in [0.5, 0.6) is 0 Å². The molecule has 0 aromatic heterocycles. The van der Waals surface area contributed by atoms with Gasteiger partial charge in [0.2, 0.25) is 5.91 Å². The van der Waals surface area contributed by atoms with Gasteiger partial charge in [0, 0.05) is 35.6 Å². The summed E-state index contributed by atoms with van der Waals surface area (Å²) in [6.07, 6.45) is 1.90. The molecule has 1 unspecified atom stereocenters. The Morgan fingerprint density at radius 3 is 2.71 bits per heavy atom. The van der Waals surface area contributed by atoms with Crippen molar-refractivity contribution in [1.29, 1.82) is 0 Å². The predicted molar refractivity (Wildman–Crippen MR) is 102 cm³/mol. The first-order chi connectivity index (χ1) is 11.1. The van der Waals surface area contributed by atoms with Gasteiger partial charge in [-0.05, 0) is 49.5 Å². The topological polar surface area (TPSA) is 50.4 Å². The third-order valence-electron chi connectivity index (χ3n) is 5.42. The molecule has 1 aromatic rings. The van der Waals surface area contributed by atoms with Crippen molar-refractivity contribution in [2.24, 2.45) is 11.8 Å². The van der Waals surface area contributed by atoms with Crippen LogP contribution in [0, 0.1) is 11.8 Å². The van der Waals surface area contributed by atoms with Gasteiger partial charge < -0.3 is 15.4 Å². The molecule has 24 heavy (non-hydrogen) atoms. The summed E-state index contributed by atoms with van der Waals surface area (Å²) in [6.45, 7) is 6.15. The van der Waals surface area contributed by atoms with Crippen molar-refractivity contribution in [3.8, 4) is 0 Å². The molecule has 4 nitrogen and oxygen atoms in total. The van der Waals surface area contributed by atoms with Crippen LogP contribution in [0.1, 0.15) is 25.3 Å². The summed E-state index contributed by atoms with van der Waals surface area (Å²) in [5, 5.41) is 6.46. The Morgan fingerprint density at radius 2 is 2.12 bits per heavy atom. The summed E-state index contributed by atoms with van der Waals surface area (Å²) < 4.78 is 6.65. The average molecular weight is 418 g/mol. The number of carbonyl (C=O) groups is 1. The van der Waals surface area contributed by atoms with Gasteiger partial charge in [-0.2, -0.15) is 0 Å². The molecule has 134 valence electrons. The van der Waals surface area contributed by atoms with Crippen molar-refractivity contribution < 1.29 is 9.53 Å². The number of amides is 1. The molecule has 0 aliphatic carbocycles. The zero-order valence-corrected chi connectivity index (χ0v) is 16.4. The Labute approximate surface area is 158 Å². The zero-order valence-electron chi connectivity index (χ0n) is 14.0. The van der Waals surface area contributed by atoms with Gasteiger partial charge in [0.1, 0.15) is 0 Å². The minimum atomic E-state index is -0.0186. The molecule has 2 fully saturated rings. The van der Waals surface area contributed by atoms with Crippen molar-refractivity contribution in [2.75, 3.05) is 32.8 Å². The first kappa shape index (κ1) is 19.7. The van der Waals surface area contributed by atoms with E-state index in [0.717, 1.165) is 43.6 Å². The van der Waals surface area contributed by atoms with E-state index in [1.165, 1.54) is 5.56 Å². The monoisotopic (exact) mass is 416 g/mol. The molecule has 2 N–H and O–H groups in total. The Bertz CT molecular complexity index is 560. The third kappa shape index (κ3) is 4.31. The average Bonchev–Trinajstić information content (AvgIpc) is 2.52. The smallest absolute Gasteiger partial charge is 0.223 e. The van der Waals surface area contributed by atoms with Crippen LogP contribution >= 0.6 is 28.3 Å². The maximum Gasteiger partial charge on any atom is 0.223 e. The fourth-order valence-corrected chi connectivity index (χ4v) is 3.84. The van der Waals surface area contributed by atoms with E-state index in [9.17, 15) is 4.79 Å². The van der Waals surface area contributed by atoms with E-state index < -0.39 is 0 Å². The maximum atomic E-state index is 12.5. The van der Waals surface area contributed by atoms with E-state index in [0.29, 0.717) is 12.5 Å². The first-order valence-electron chi connectivity index (χ1n) is 8.43. The largest absolute Gasteiger partial charge is 0.381 e. The van der Waals surface area contributed by atoms with Gasteiger partial charge >= 0.3 is 0 Å². The molecule has 0 spiro atoms. The highest BCUT2D eigenvalue weighted by Gasteiger charge is 2.36. The number of halogens is 2. The highest BCUT2D eigenvalue weighted by Crippen LogP contribution is 2.35. The van der Waals surface area contributed by atoms with Gasteiger partial charge in [0.05, 0.1) is 0 Å². The predicted octanol–water partition coefficient (Wildman–Crippen LogP) is 2.89. The zero-order chi connectivity index (χ0) is 16.3. The second-order valence-corrected chi connectivity index (χ2v) is 7.74. The molecule has 1 atom stereocenters. The van der Waals surface area contributed by atoms with Gasteiger partial charge in [-0.3, -0.25) is 4.79 Å². The van der Waals surface area contributed by atoms with E-state index in [2.05, 4.69) is 44.8 Å². The van der Waals surface area contributed by atoms with E-state index in [1.54, 1.807) is 0 Å². The minimum Gasteiger partial charge on any atom is -0.381 e. The maximum absolute atomic E-state index is 12.5. The number of rotatable bonds is 5. The fraction of sp³-hybridized carbons (Fsp3) is 0.611. The van der Waals surface area contributed by atoms with Crippen molar-refractivity contribution in [3.05, 3.63) is 34.3 Å². The van der Waals surface area contributed by atoms with Crippen molar-refractivity contribution in [1.82, 2.24) is 10.6 Å². The molecule has 2 aliphatic heterocycles. The molecule has 0 radical (unpaired) electrons. The minimum absolute atomic E-state index is 0. The first-order valence-corrected chi connectivity index (χ1v) is 9.22. The van der Waals surface area contributed by atoms with Crippen LogP contribution in [0.3, 0.4) is 0 Å². The lowest BCUT2D eigenvalue weighted by Crippen LogP contribution is -2.51. The Kier molecular flexibility index (Phi) is 7.10. The Morgan fingerprint density at radius 1 is 1.42 bits per heavy atom. The van der Waals surface area contributed by atoms with Crippen LogP contribution in [0.2, 0.25) is 0 Å². The molecule has 2 saturated heterocycles. The summed E-state index contributed by atoms with van der Waals surface area (Å²) in [4.78, 5) is 12.5. The molecule has 0 saturated carbocycles. The lowest BCUT2D eigenvalue weighted by atomic mass is 9.74.